The van der Waals surface area contributed by atoms with Crippen LogP contribution in [0.4, 0.5) is 0 Å². The molecule has 0 saturated heterocycles. The molecule has 1 unspecified atom stereocenters. The van der Waals surface area contributed by atoms with Crippen molar-refractivity contribution in [3.8, 4) is 0 Å². The van der Waals surface area contributed by atoms with Crippen LogP contribution in [0, 0.1) is 6.92 Å². The summed E-state index contributed by atoms with van der Waals surface area (Å²) in [5.74, 6) is -0.800. The summed E-state index contributed by atoms with van der Waals surface area (Å²) in [6.07, 6.45) is 0.0881. The van der Waals surface area contributed by atoms with E-state index in [1.165, 1.54) is 0 Å². The molecule has 0 spiro atoms. The predicted octanol–water partition coefficient (Wildman–Crippen LogP) is 1.75. The standard InChI is InChI=1S/C10H15NO2S/c1-7-3-4-14-9(7)10(2,6-11)5-8(12)13/h3-4H,5-6,11H2,1-2H3,(H,12,13). The number of hydrogen-bond donors (Lipinski definition) is 2. The maximum Gasteiger partial charge on any atom is 0.304 e. The van der Waals surface area contributed by atoms with E-state index in [9.17, 15) is 4.79 Å². The topological polar surface area (TPSA) is 63.3 Å². The number of thiophene rings is 1. The molecule has 0 radical (unpaired) electrons. The van der Waals surface area contributed by atoms with Crippen LogP contribution in [0.15, 0.2) is 11.4 Å². The fourth-order valence-corrected chi connectivity index (χ4v) is 2.67. The summed E-state index contributed by atoms with van der Waals surface area (Å²) in [6.45, 7) is 4.25. The number of nitrogens with two attached hydrogens (primary N) is 1. The molecule has 0 fully saturated rings. The number of carboxylic acids is 1. The van der Waals surface area contributed by atoms with E-state index in [1.54, 1.807) is 11.3 Å². The Morgan fingerprint density at radius 1 is 1.71 bits per heavy atom. The molecule has 0 aromatic carbocycles. The normalized spacial score (nSPS) is 15.1. The van der Waals surface area contributed by atoms with Crippen molar-refractivity contribution in [1.82, 2.24) is 0 Å². The Labute approximate surface area is 87.6 Å². The molecule has 14 heavy (non-hydrogen) atoms. The van der Waals surface area contributed by atoms with Gasteiger partial charge in [0.25, 0.3) is 0 Å². The molecular weight excluding hydrogens is 198 g/mol. The zero-order chi connectivity index (χ0) is 10.8. The summed E-state index contributed by atoms with van der Waals surface area (Å²) >= 11 is 1.58. The highest BCUT2D eigenvalue weighted by atomic mass is 32.1. The van der Waals surface area contributed by atoms with Crippen LogP contribution in [0.3, 0.4) is 0 Å². The molecule has 1 heterocycles. The smallest absolute Gasteiger partial charge is 0.304 e. The molecule has 3 N–H and O–H groups in total. The minimum Gasteiger partial charge on any atom is -0.481 e. The minimum atomic E-state index is -0.800. The van der Waals surface area contributed by atoms with Gasteiger partial charge in [-0.3, -0.25) is 4.79 Å². The van der Waals surface area contributed by atoms with Gasteiger partial charge >= 0.3 is 5.97 Å². The van der Waals surface area contributed by atoms with Crippen LogP contribution in [0.1, 0.15) is 23.8 Å². The van der Waals surface area contributed by atoms with Crippen molar-refractivity contribution >= 4 is 17.3 Å². The van der Waals surface area contributed by atoms with Gasteiger partial charge in [-0.05, 0) is 23.9 Å². The summed E-state index contributed by atoms with van der Waals surface area (Å²) < 4.78 is 0. The molecule has 1 aromatic rings. The van der Waals surface area contributed by atoms with E-state index in [1.807, 2.05) is 25.3 Å². The maximum atomic E-state index is 10.7. The number of hydrogen-bond acceptors (Lipinski definition) is 3. The molecule has 4 heteroatoms. The van der Waals surface area contributed by atoms with Gasteiger partial charge in [0.2, 0.25) is 0 Å². The minimum absolute atomic E-state index is 0.0881. The van der Waals surface area contributed by atoms with E-state index in [0.29, 0.717) is 6.54 Å². The monoisotopic (exact) mass is 213 g/mol. The van der Waals surface area contributed by atoms with Crippen LogP contribution in [0.25, 0.3) is 0 Å². The van der Waals surface area contributed by atoms with Crippen molar-refractivity contribution in [3.05, 3.63) is 21.9 Å². The molecule has 3 nitrogen and oxygen atoms in total. The lowest BCUT2D eigenvalue weighted by atomic mass is 9.83. The molecule has 1 rings (SSSR count). The Kier molecular flexibility index (Phi) is 3.29. The highest BCUT2D eigenvalue weighted by Gasteiger charge is 2.30. The molecule has 0 aliphatic heterocycles. The van der Waals surface area contributed by atoms with Gasteiger partial charge in [-0.2, -0.15) is 0 Å². The summed E-state index contributed by atoms with van der Waals surface area (Å²) in [4.78, 5) is 11.8. The molecule has 0 aliphatic carbocycles. The van der Waals surface area contributed by atoms with Gasteiger partial charge in [0.05, 0.1) is 6.42 Å². The van der Waals surface area contributed by atoms with Gasteiger partial charge in [-0.15, -0.1) is 11.3 Å². The fraction of sp³-hybridized carbons (Fsp3) is 0.500. The Morgan fingerprint density at radius 2 is 2.36 bits per heavy atom. The lowest BCUT2D eigenvalue weighted by Gasteiger charge is -2.25. The van der Waals surface area contributed by atoms with Crippen LogP contribution in [-0.2, 0) is 10.2 Å². The van der Waals surface area contributed by atoms with E-state index in [-0.39, 0.29) is 6.42 Å². The van der Waals surface area contributed by atoms with E-state index >= 15 is 0 Å². The Hall–Kier alpha value is -0.870. The van der Waals surface area contributed by atoms with Gasteiger partial charge in [0.1, 0.15) is 0 Å². The van der Waals surface area contributed by atoms with E-state index < -0.39 is 11.4 Å². The molecular formula is C10H15NO2S. The molecule has 78 valence electrons. The third-order valence-electron chi connectivity index (χ3n) is 2.40. The number of rotatable bonds is 4. The number of carboxylic acid groups (broad SMARTS) is 1. The third kappa shape index (κ3) is 2.13. The zero-order valence-electron chi connectivity index (χ0n) is 8.41. The van der Waals surface area contributed by atoms with E-state index in [4.69, 9.17) is 10.8 Å². The largest absolute Gasteiger partial charge is 0.481 e. The van der Waals surface area contributed by atoms with Crippen LogP contribution in [0.2, 0.25) is 0 Å². The fourth-order valence-electron chi connectivity index (χ4n) is 1.57. The summed E-state index contributed by atoms with van der Waals surface area (Å²) in [7, 11) is 0. The lowest BCUT2D eigenvalue weighted by molar-refractivity contribution is -0.138. The number of aryl methyl sites for hydroxylation is 1. The van der Waals surface area contributed by atoms with Gasteiger partial charge in [-0.25, -0.2) is 0 Å². The van der Waals surface area contributed by atoms with Gasteiger partial charge in [0, 0.05) is 16.8 Å². The third-order valence-corrected chi connectivity index (χ3v) is 3.72. The molecule has 0 aliphatic rings. The summed E-state index contributed by atoms with van der Waals surface area (Å²) in [5, 5.41) is 10.8. The summed E-state index contributed by atoms with van der Waals surface area (Å²) in [5.41, 5.74) is 6.36. The number of carbonyl (C=O) groups is 1. The molecule has 1 atom stereocenters. The molecule has 0 amide bonds. The van der Waals surface area contributed by atoms with Crippen molar-refractivity contribution in [1.29, 1.82) is 0 Å². The quantitative estimate of drug-likeness (QED) is 0.801. The van der Waals surface area contributed by atoms with Crippen LogP contribution in [0.5, 0.6) is 0 Å². The Bertz CT molecular complexity index is 335. The highest BCUT2D eigenvalue weighted by Crippen LogP contribution is 2.33. The van der Waals surface area contributed by atoms with Crippen molar-refractivity contribution in [2.45, 2.75) is 25.7 Å². The first-order valence-electron chi connectivity index (χ1n) is 4.46. The van der Waals surface area contributed by atoms with Crippen molar-refractivity contribution < 1.29 is 9.90 Å². The van der Waals surface area contributed by atoms with E-state index in [0.717, 1.165) is 10.4 Å². The summed E-state index contributed by atoms with van der Waals surface area (Å²) in [6, 6.07) is 2.00. The Balaban J connectivity index is 3.01. The van der Waals surface area contributed by atoms with Crippen molar-refractivity contribution in [3.63, 3.8) is 0 Å². The lowest BCUT2D eigenvalue weighted by Crippen LogP contribution is -2.34. The highest BCUT2D eigenvalue weighted by molar-refractivity contribution is 7.10. The van der Waals surface area contributed by atoms with Gasteiger partial charge < -0.3 is 10.8 Å². The Morgan fingerprint density at radius 3 is 2.71 bits per heavy atom. The van der Waals surface area contributed by atoms with Crippen molar-refractivity contribution in [2.24, 2.45) is 5.73 Å². The van der Waals surface area contributed by atoms with Crippen molar-refractivity contribution in [2.75, 3.05) is 6.54 Å². The zero-order valence-corrected chi connectivity index (χ0v) is 9.23. The first-order chi connectivity index (χ1) is 6.49. The van der Waals surface area contributed by atoms with Crippen LogP contribution < -0.4 is 5.73 Å². The molecule has 0 bridgehead atoms. The predicted molar refractivity (Wildman–Crippen MR) is 57.7 cm³/mol. The van der Waals surface area contributed by atoms with Gasteiger partial charge in [0.15, 0.2) is 0 Å². The molecule has 0 saturated carbocycles. The molecule has 1 aromatic heterocycles. The maximum absolute atomic E-state index is 10.7. The second-order valence-corrected chi connectivity index (χ2v) is 4.68. The second kappa shape index (κ2) is 4.11. The van der Waals surface area contributed by atoms with Crippen LogP contribution in [-0.4, -0.2) is 17.6 Å². The first-order valence-corrected chi connectivity index (χ1v) is 5.34. The average Bonchev–Trinajstić information content (AvgIpc) is 2.50. The van der Waals surface area contributed by atoms with Gasteiger partial charge in [-0.1, -0.05) is 6.92 Å². The number of aliphatic carboxylic acids is 1. The second-order valence-electron chi connectivity index (χ2n) is 3.77. The first kappa shape index (κ1) is 11.2. The average molecular weight is 213 g/mol. The van der Waals surface area contributed by atoms with E-state index in [2.05, 4.69) is 0 Å². The SMILES string of the molecule is Cc1ccsc1C(C)(CN)CC(=O)O. The van der Waals surface area contributed by atoms with Crippen LogP contribution >= 0.6 is 11.3 Å².